The van der Waals surface area contributed by atoms with Crippen molar-refractivity contribution in [3.63, 3.8) is 0 Å². The van der Waals surface area contributed by atoms with E-state index in [2.05, 4.69) is 5.32 Å². The highest BCUT2D eigenvalue weighted by Crippen LogP contribution is 2.24. The first-order valence-corrected chi connectivity index (χ1v) is 10.3. The lowest BCUT2D eigenvalue weighted by atomic mass is 10.1. The van der Waals surface area contributed by atoms with E-state index in [0.717, 1.165) is 10.5 Å². The van der Waals surface area contributed by atoms with Crippen LogP contribution in [0, 0.1) is 10.1 Å². The maximum absolute atomic E-state index is 12.9. The van der Waals surface area contributed by atoms with E-state index >= 15 is 0 Å². The summed E-state index contributed by atoms with van der Waals surface area (Å²) in [6.07, 6.45) is 1.38. The van der Waals surface area contributed by atoms with Gasteiger partial charge in [-0.3, -0.25) is 25.0 Å². The molecule has 3 aromatic rings. The lowest BCUT2D eigenvalue weighted by molar-refractivity contribution is -0.384. The number of hydrogen-bond donors (Lipinski definition) is 1. The summed E-state index contributed by atoms with van der Waals surface area (Å²) in [5, 5.41) is 13.3. The van der Waals surface area contributed by atoms with Gasteiger partial charge in [-0.05, 0) is 65.7 Å². The van der Waals surface area contributed by atoms with Crippen molar-refractivity contribution < 1.29 is 24.0 Å². The average Bonchev–Trinajstić information content (AvgIpc) is 2.82. The van der Waals surface area contributed by atoms with Crippen molar-refractivity contribution in [1.29, 1.82) is 0 Å². The largest absolute Gasteiger partial charge is 0.489 e. The first-order valence-electron chi connectivity index (χ1n) is 9.95. The number of nitro benzene ring substituents is 1. The summed E-state index contributed by atoms with van der Waals surface area (Å²) in [4.78, 5) is 48.6. The number of rotatable bonds is 6. The van der Waals surface area contributed by atoms with Gasteiger partial charge in [0.1, 0.15) is 17.9 Å². The number of anilines is 1. The summed E-state index contributed by atoms with van der Waals surface area (Å²) in [5.74, 6) is -1.02. The van der Waals surface area contributed by atoms with Crippen LogP contribution in [0.4, 0.5) is 16.2 Å². The molecule has 1 fully saturated rings. The number of non-ortho nitro benzene ring substituents is 1. The third-order valence-electron chi connectivity index (χ3n) is 4.93. The Morgan fingerprint density at radius 1 is 0.941 bits per heavy atom. The molecule has 0 saturated carbocycles. The van der Waals surface area contributed by atoms with Crippen molar-refractivity contribution >= 4 is 46.9 Å². The zero-order valence-corrected chi connectivity index (χ0v) is 18.2. The number of urea groups is 1. The summed E-state index contributed by atoms with van der Waals surface area (Å²) in [6.45, 7) is 0.206. The highest BCUT2D eigenvalue weighted by atomic mass is 35.5. The first-order chi connectivity index (χ1) is 16.3. The van der Waals surface area contributed by atoms with Gasteiger partial charge in [0, 0.05) is 17.2 Å². The van der Waals surface area contributed by atoms with Gasteiger partial charge in [-0.1, -0.05) is 23.7 Å². The van der Waals surface area contributed by atoms with E-state index in [1.54, 1.807) is 36.4 Å². The Hall–Kier alpha value is -4.50. The Morgan fingerprint density at radius 2 is 1.59 bits per heavy atom. The molecule has 0 aromatic heterocycles. The van der Waals surface area contributed by atoms with E-state index in [9.17, 15) is 24.5 Å². The van der Waals surface area contributed by atoms with Gasteiger partial charge in [0.05, 0.1) is 10.6 Å². The highest BCUT2D eigenvalue weighted by Gasteiger charge is 2.36. The fourth-order valence-electron chi connectivity index (χ4n) is 3.19. The van der Waals surface area contributed by atoms with Crippen LogP contribution in [0.5, 0.6) is 5.75 Å². The van der Waals surface area contributed by atoms with Gasteiger partial charge in [-0.2, -0.15) is 0 Å². The van der Waals surface area contributed by atoms with Gasteiger partial charge in [0.15, 0.2) is 0 Å². The summed E-state index contributed by atoms with van der Waals surface area (Å²) < 4.78 is 5.68. The molecule has 0 spiro atoms. The molecule has 0 aliphatic carbocycles. The van der Waals surface area contributed by atoms with Gasteiger partial charge >= 0.3 is 6.03 Å². The Morgan fingerprint density at radius 3 is 2.21 bits per heavy atom. The molecule has 1 aliphatic heterocycles. The van der Waals surface area contributed by atoms with Crippen LogP contribution in [0.2, 0.25) is 5.02 Å². The van der Waals surface area contributed by atoms with Gasteiger partial charge < -0.3 is 4.74 Å². The molecule has 9 nitrogen and oxygen atoms in total. The number of carbonyl (C=O) groups excluding carboxylic acids is 3. The number of nitrogens with zero attached hydrogens (tertiary/aromatic N) is 2. The monoisotopic (exact) mass is 477 g/mol. The lowest BCUT2D eigenvalue weighted by Gasteiger charge is -2.26. The first kappa shape index (κ1) is 22.7. The van der Waals surface area contributed by atoms with Gasteiger partial charge in [0.2, 0.25) is 0 Å². The maximum Gasteiger partial charge on any atom is 0.335 e. The fraction of sp³-hybridized carbons (Fsp3) is 0.0417. The van der Waals surface area contributed by atoms with Gasteiger partial charge in [-0.15, -0.1) is 0 Å². The molecule has 1 heterocycles. The molecular formula is C24H16ClN3O6. The Labute approximate surface area is 198 Å². The van der Waals surface area contributed by atoms with Crippen molar-refractivity contribution in [2.24, 2.45) is 0 Å². The Balaban J connectivity index is 1.47. The normalized spacial score (nSPS) is 14.8. The SMILES string of the molecule is O=C1NC(=O)N(c2ccc(Cl)cc2)C(=O)/C1=C/c1ccc(OCc2ccc([N+](=O)[O-])cc2)cc1. The predicted octanol–water partition coefficient (Wildman–Crippen LogP) is 4.49. The molecule has 0 radical (unpaired) electrons. The number of halogens is 1. The van der Waals surface area contributed by atoms with E-state index in [-0.39, 0.29) is 23.6 Å². The number of amides is 4. The molecule has 1 aliphatic rings. The van der Waals surface area contributed by atoms with Gasteiger partial charge in [0.25, 0.3) is 17.5 Å². The Bertz CT molecular complexity index is 1300. The number of nitrogens with one attached hydrogen (secondary N) is 1. The van der Waals surface area contributed by atoms with Crippen molar-refractivity contribution in [3.8, 4) is 5.75 Å². The second kappa shape index (κ2) is 9.55. The number of barbiturate groups is 1. The van der Waals surface area contributed by atoms with Crippen molar-refractivity contribution in [2.75, 3.05) is 4.90 Å². The van der Waals surface area contributed by atoms with E-state index in [1.165, 1.54) is 42.5 Å². The molecule has 4 rings (SSSR count). The molecule has 1 saturated heterocycles. The number of imide groups is 2. The molecular weight excluding hydrogens is 462 g/mol. The molecule has 0 unspecified atom stereocenters. The number of ether oxygens (including phenoxy) is 1. The molecule has 170 valence electrons. The predicted molar refractivity (Wildman–Crippen MR) is 124 cm³/mol. The molecule has 4 amide bonds. The summed E-state index contributed by atoms with van der Waals surface area (Å²) in [5.41, 5.74) is 1.38. The molecule has 0 atom stereocenters. The maximum atomic E-state index is 12.9. The van der Waals surface area contributed by atoms with Crippen LogP contribution in [-0.2, 0) is 16.2 Å². The summed E-state index contributed by atoms with van der Waals surface area (Å²) >= 11 is 5.87. The molecule has 1 N–H and O–H groups in total. The van der Waals surface area contributed by atoms with E-state index in [1.807, 2.05) is 0 Å². The van der Waals surface area contributed by atoms with Crippen molar-refractivity contribution in [1.82, 2.24) is 5.32 Å². The lowest BCUT2D eigenvalue weighted by Crippen LogP contribution is -2.54. The quantitative estimate of drug-likeness (QED) is 0.242. The van der Waals surface area contributed by atoms with E-state index < -0.39 is 22.8 Å². The highest BCUT2D eigenvalue weighted by molar-refractivity contribution is 6.39. The number of carbonyl (C=O) groups is 3. The van der Waals surface area contributed by atoms with E-state index in [0.29, 0.717) is 16.3 Å². The van der Waals surface area contributed by atoms with Crippen LogP contribution in [0.25, 0.3) is 6.08 Å². The third-order valence-corrected chi connectivity index (χ3v) is 5.18. The van der Waals surface area contributed by atoms with Crippen molar-refractivity contribution in [2.45, 2.75) is 6.61 Å². The van der Waals surface area contributed by atoms with Crippen LogP contribution >= 0.6 is 11.6 Å². The minimum atomic E-state index is -0.843. The van der Waals surface area contributed by atoms with Crippen LogP contribution in [-0.4, -0.2) is 22.8 Å². The fourth-order valence-corrected chi connectivity index (χ4v) is 3.32. The molecule has 34 heavy (non-hydrogen) atoms. The van der Waals surface area contributed by atoms with Crippen LogP contribution in [0.3, 0.4) is 0 Å². The zero-order chi connectivity index (χ0) is 24.2. The van der Waals surface area contributed by atoms with Crippen LogP contribution < -0.4 is 15.0 Å². The Kier molecular flexibility index (Phi) is 6.37. The molecule has 10 heteroatoms. The standard InChI is InChI=1S/C24H16ClN3O6/c25-17-5-9-18(10-6-17)27-23(30)21(22(29)26-24(27)31)13-15-3-11-20(12-4-15)34-14-16-1-7-19(8-2-16)28(32)33/h1-13H,14H2,(H,26,29,31)/b21-13+. The number of benzene rings is 3. The molecule has 0 bridgehead atoms. The van der Waals surface area contributed by atoms with Crippen LogP contribution in [0.15, 0.2) is 78.4 Å². The minimum Gasteiger partial charge on any atom is -0.489 e. The van der Waals surface area contributed by atoms with E-state index in [4.69, 9.17) is 16.3 Å². The minimum absolute atomic E-state index is 0.00114. The smallest absolute Gasteiger partial charge is 0.335 e. The van der Waals surface area contributed by atoms with Crippen LogP contribution in [0.1, 0.15) is 11.1 Å². The summed E-state index contributed by atoms with van der Waals surface area (Å²) in [6, 6.07) is 17.9. The second-order valence-corrected chi connectivity index (χ2v) is 7.65. The zero-order valence-electron chi connectivity index (χ0n) is 17.4. The van der Waals surface area contributed by atoms with Gasteiger partial charge in [-0.25, -0.2) is 9.69 Å². The number of nitro groups is 1. The molecule has 3 aromatic carbocycles. The third kappa shape index (κ3) is 4.94. The topological polar surface area (TPSA) is 119 Å². The average molecular weight is 478 g/mol. The number of hydrogen-bond acceptors (Lipinski definition) is 6. The van der Waals surface area contributed by atoms with Crippen molar-refractivity contribution in [3.05, 3.63) is 105 Å². The summed E-state index contributed by atoms with van der Waals surface area (Å²) in [7, 11) is 0. The second-order valence-electron chi connectivity index (χ2n) is 7.22.